The molecule has 1 aromatic heterocycles. The molecule has 1 amide bonds. The van der Waals surface area contributed by atoms with Crippen molar-refractivity contribution < 1.29 is 9.21 Å². The van der Waals surface area contributed by atoms with Crippen LogP contribution in [0.15, 0.2) is 22.8 Å². The highest BCUT2D eigenvalue weighted by atomic mass is 16.3. The first-order chi connectivity index (χ1) is 8.04. The van der Waals surface area contributed by atoms with Crippen molar-refractivity contribution in [2.24, 2.45) is 5.73 Å². The molecular formula is C12H21N3O2. The fourth-order valence-corrected chi connectivity index (χ4v) is 1.58. The topological polar surface area (TPSA) is 62.7 Å². The van der Waals surface area contributed by atoms with E-state index in [0.717, 1.165) is 5.76 Å². The quantitative estimate of drug-likeness (QED) is 0.786. The molecule has 0 aliphatic heterocycles. The van der Waals surface area contributed by atoms with Gasteiger partial charge in [-0.2, -0.15) is 0 Å². The number of rotatable bonds is 6. The average molecular weight is 239 g/mol. The second-order valence-electron chi connectivity index (χ2n) is 4.38. The van der Waals surface area contributed by atoms with Crippen LogP contribution < -0.4 is 5.73 Å². The summed E-state index contributed by atoms with van der Waals surface area (Å²) in [4.78, 5) is 15.3. The van der Waals surface area contributed by atoms with Gasteiger partial charge in [-0.15, -0.1) is 0 Å². The summed E-state index contributed by atoms with van der Waals surface area (Å²) in [5.74, 6) is 0.968. The molecule has 0 aromatic carbocycles. The van der Waals surface area contributed by atoms with Gasteiger partial charge in [-0.1, -0.05) is 0 Å². The first-order valence-electron chi connectivity index (χ1n) is 5.67. The minimum atomic E-state index is 0.0370. The third kappa shape index (κ3) is 4.20. The van der Waals surface area contributed by atoms with Crippen LogP contribution in [0.3, 0.4) is 0 Å². The standard InChI is InChI=1S/C12H21N3O2/c1-14(2)12(16)7-10(8-13)15(3)9-11-5-4-6-17-11/h4-6,10H,7-9,13H2,1-3H3. The normalized spacial score (nSPS) is 12.8. The van der Waals surface area contributed by atoms with E-state index in [-0.39, 0.29) is 11.9 Å². The van der Waals surface area contributed by atoms with Crippen LogP contribution in [-0.4, -0.2) is 49.4 Å². The maximum absolute atomic E-state index is 11.6. The Labute approximate surface area is 102 Å². The van der Waals surface area contributed by atoms with E-state index in [9.17, 15) is 4.79 Å². The molecular weight excluding hydrogens is 218 g/mol. The van der Waals surface area contributed by atoms with E-state index in [1.165, 1.54) is 0 Å². The molecule has 5 nitrogen and oxygen atoms in total. The molecule has 0 radical (unpaired) electrons. The molecule has 0 saturated heterocycles. The molecule has 96 valence electrons. The van der Waals surface area contributed by atoms with Crippen LogP contribution in [0.4, 0.5) is 0 Å². The third-order valence-corrected chi connectivity index (χ3v) is 2.79. The number of nitrogens with two attached hydrogens (primary N) is 1. The Balaban J connectivity index is 2.52. The molecule has 1 unspecified atom stereocenters. The van der Waals surface area contributed by atoms with Gasteiger partial charge < -0.3 is 15.1 Å². The van der Waals surface area contributed by atoms with Crippen LogP contribution in [0, 0.1) is 0 Å². The lowest BCUT2D eigenvalue weighted by atomic mass is 10.1. The first-order valence-corrected chi connectivity index (χ1v) is 5.67. The molecule has 1 aromatic rings. The zero-order valence-electron chi connectivity index (χ0n) is 10.7. The molecule has 0 aliphatic carbocycles. The molecule has 5 heteroatoms. The Morgan fingerprint density at radius 2 is 2.18 bits per heavy atom. The van der Waals surface area contributed by atoms with Crippen molar-refractivity contribution in [1.29, 1.82) is 0 Å². The zero-order chi connectivity index (χ0) is 12.8. The Hall–Kier alpha value is -1.33. The number of nitrogens with zero attached hydrogens (tertiary/aromatic N) is 2. The molecule has 0 spiro atoms. The van der Waals surface area contributed by atoms with Crippen molar-refractivity contribution in [3.8, 4) is 0 Å². The van der Waals surface area contributed by atoms with Crippen molar-refractivity contribution in [2.75, 3.05) is 27.7 Å². The van der Waals surface area contributed by atoms with Crippen molar-refractivity contribution in [3.63, 3.8) is 0 Å². The van der Waals surface area contributed by atoms with Gasteiger partial charge >= 0.3 is 0 Å². The predicted octanol–water partition coefficient (Wildman–Crippen LogP) is 0.517. The van der Waals surface area contributed by atoms with E-state index >= 15 is 0 Å². The van der Waals surface area contributed by atoms with Gasteiger partial charge in [-0.3, -0.25) is 9.69 Å². The summed E-state index contributed by atoms with van der Waals surface area (Å²) in [7, 11) is 5.45. The molecule has 0 bridgehead atoms. The highest BCUT2D eigenvalue weighted by molar-refractivity contribution is 5.76. The highest BCUT2D eigenvalue weighted by Gasteiger charge is 2.18. The lowest BCUT2D eigenvalue weighted by Crippen LogP contribution is -2.41. The van der Waals surface area contributed by atoms with Crippen molar-refractivity contribution >= 4 is 5.91 Å². The fourth-order valence-electron chi connectivity index (χ4n) is 1.58. The number of likely N-dealkylation sites (N-methyl/N-ethyl adjacent to an activating group) is 1. The summed E-state index contributed by atoms with van der Waals surface area (Å²) < 4.78 is 5.27. The van der Waals surface area contributed by atoms with Crippen LogP contribution >= 0.6 is 0 Å². The lowest BCUT2D eigenvalue weighted by molar-refractivity contribution is -0.129. The number of amides is 1. The van der Waals surface area contributed by atoms with Crippen LogP contribution in [-0.2, 0) is 11.3 Å². The molecule has 1 atom stereocenters. The fraction of sp³-hybridized carbons (Fsp3) is 0.583. The van der Waals surface area contributed by atoms with Gasteiger partial charge in [0.2, 0.25) is 5.91 Å². The van der Waals surface area contributed by atoms with Gasteiger partial charge in [-0.25, -0.2) is 0 Å². The highest BCUT2D eigenvalue weighted by Crippen LogP contribution is 2.09. The van der Waals surface area contributed by atoms with Crippen molar-refractivity contribution in [2.45, 2.75) is 19.0 Å². The molecule has 2 N–H and O–H groups in total. The Morgan fingerprint density at radius 3 is 2.65 bits per heavy atom. The smallest absolute Gasteiger partial charge is 0.223 e. The van der Waals surface area contributed by atoms with Crippen molar-refractivity contribution in [1.82, 2.24) is 9.80 Å². The van der Waals surface area contributed by atoms with Gasteiger partial charge in [-0.05, 0) is 19.2 Å². The lowest BCUT2D eigenvalue weighted by Gasteiger charge is -2.26. The predicted molar refractivity (Wildman–Crippen MR) is 66.3 cm³/mol. The summed E-state index contributed by atoms with van der Waals surface area (Å²) >= 11 is 0. The number of carbonyl (C=O) groups is 1. The molecule has 0 aliphatic rings. The van der Waals surface area contributed by atoms with Crippen LogP contribution in [0.1, 0.15) is 12.2 Å². The minimum Gasteiger partial charge on any atom is -0.468 e. The van der Waals surface area contributed by atoms with Gasteiger partial charge in [0, 0.05) is 33.1 Å². The molecule has 17 heavy (non-hydrogen) atoms. The van der Waals surface area contributed by atoms with Gasteiger partial charge in [0.05, 0.1) is 12.8 Å². The number of furan rings is 1. The number of carbonyl (C=O) groups excluding carboxylic acids is 1. The summed E-state index contributed by atoms with van der Waals surface area (Å²) in [5.41, 5.74) is 5.71. The maximum Gasteiger partial charge on any atom is 0.223 e. The van der Waals surface area contributed by atoms with Gasteiger partial charge in [0.15, 0.2) is 0 Å². The summed E-state index contributed by atoms with van der Waals surface area (Å²) in [5, 5.41) is 0. The minimum absolute atomic E-state index is 0.0370. The first kappa shape index (κ1) is 13.7. The Kier molecular flexibility index (Phi) is 5.18. The second-order valence-corrected chi connectivity index (χ2v) is 4.38. The average Bonchev–Trinajstić information content (AvgIpc) is 2.77. The summed E-state index contributed by atoms with van der Waals surface area (Å²) in [6, 6.07) is 3.80. The van der Waals surface area contributed by atoms with Crippen LogP contribution in [0.5, 0.6) is 0 Å². The summed E-state index contributed by atoms with van der Waals surface area (Å²) in [6.45, 7) is 1.12. The maximum atomic E-state index is 11.6. The number of hydrogen-bond donors (Lipinski definition) is 1. The van der Waals surface area contributed by atoms with Crippen LogP contribution in [0.25, 0.3) is 0 Å². The second kappa shape index (κ2) is 6.42. The van der Waals surface area contributed by atoms with E-state index in [4.69, 9.17) is 10.2 Å². The van der Waals surface area contributed by atoms with E-state index in [0.29, 0.717) is 19.5 Å². The van der Waals surface area contributed by atoms with Gasteiger partial charge in [0.1, 0.15) is 5.76 Å². The van der Waals surface area contributed by atoms with E-state index in [1.54, 1.807) is 25.3 Å². The Bertz CT molecular complexity index is 336. The van der Waals surface area contributed by atoms with E-state index < -0.39 is 0 Å². The van der Waals surface area contributed by atoms with Crippen LogP contribution in [0.2, 0.25) is 0 Å². The summed E-state index contributed by atoms with van der Waals surface area (Å²) in [6.07, 6.45) is 2.08. The molecule has 1 rings (SSSR count). The van der Waals surface area contributed by atoms with E-state index in [2.05, 4.69) is 0 Å². The van der Waals surface area contributed by atoms with Crippen molar-refractivity contribution in [3.05, 3.63) is 24.2 Å². The van der Waals surface area contributed by atoms with E-state index in [1.807, 2.05) is 24.1 Å². The molecule has 1 heterocycles. The third-order valence-electron chi connectivity index (χ3n) is 2.79. The molecule has 0 fully saturated rings. The monoisotopic (exact) mass is 239 g/mol. The number of hydrogen-bond acceptors (Lipinski definition) is 4. The molecule has 0 saturated carbocycles. The van der Waals surface area contributed by atoms with Gasteiger partial charge in [0.25, 0.3) is 0 Å². The Morgan fingerprint density at radius 1 is 1.47 bits per heavy atom. The zero-order valence-corrected chi connectivity index (χ0v) is 10.7. The SMILES string of the molecule is CN(C)C(=O)CC(CN)N(C)Cc1ccco1. The largest absolute Gasteiger partial charge is 0.468 e.